The van der Waals surface area contributed by atoms with Crippen molar-refractivity contribution in [2.75, 3.05) is 42.3 Å². The van der Waals surface area contributed by atoms with E-state index in [2.05, 4.69) is 27.0 Å². The highest BCUT2D eigenvalue weighted by Crippen LogP contribution is 2.30. The van der Waals surface area contributed by atoms with Crippen molar-refractivity contribution >= 4 is 28.8 Å². The number of nitrogens with two attached hydrogens (primary N) is 1. The molecule has 0 radical (unpaired) electrons. The van der Waals surface area contributed by atoms with Crippen molar-refractivity contribution in [3.63, 3.8) is 0 Å². The Morgan fingerprint density at radius 2 is 1.96 bits per heavy atom. The summed E-state index contributed by atoms with van der Waals surface area (Å²) in [5.41, 5.74) is 6.22. The molecule has 1 aliphatic heterocycles. The SMILES string of the molecule is C[C@@H]1CN(c2ncc(N)cc2Cl)CCN1CNc1ccc(C(F)(F)F)cc1. The molecule has 1 aromatic carbocycles. The lowest BCUT2D eigenvalue weighted by atomic mass is 10.2. The number of nitrogen functional groups attached to an aromatic ring is 1. The van der Waals surface area contributed by atoms with E-state index in [9.17, 15) is 13.2 Å². The summed E-state index contributed by atoms with van der Waals surface area (Å²) in [6.07, 6.45) is -2.73. The van der Waals surface area contributed by atoms with Crippen LogP contribution in [0.5, 0.6) is 0 Å². The number of nitrogens with zero attached hydrogens (tertiary/aromatic N) is 3. The predicted octanol–water partition coefficient (Wildman–Crippen LogP) is 3.92. The van der Waals surface area contributed by atoms with Gasteiger partial charge in [0.1, 0.15) is 5.82 Å². The molecule has 9 heteroatoms. The topological polar surface area (TPSA) is 57.4 Å². The maximum atomic E-state index is 12.6. The monoisotopic (exact) mass is 399 g/mol. The molecule has 0 amide bonds. The van der Waals surface area contributed by atoms with Crippen LogP contribution in [0.25, 0.3) is 0 Å². The zero-order valence-electron chi connectivity index (χ0n) is 14.8. The molecule has 0 spiro atoms. The van der Waals surface area contributed by atoms with Crippen LogP contribution >= 0.6 is 11.6 Å². The van der Waals surface area contributed by atoms with Gasteiger partial charge in [0.15, 0.2) is 0 Å². The van der Waals surface area contributed by atoms with Crippen LogP contribution in [0.2, 0.25) is 5.02 Å². The fourth-order valence-corrected chi connectivity index (χ4v) is 3.36. The summed E-state index contributed by atoms with van der Waals surface area (Å²) in [4.78, 5) is 8.66. The van der Waals surface area contributed by atoms with Gasteiger partial charge in [0.25, 0.3) is 0 Å². The third kappa shape index (κ3) is 4.75. The number of halogens is 4. The number of aromatic nitrogens is 1. The van der Waals surface area contributed by atoms with E-state index < -0.39 is 11.7 Å². The largest absolute Gasteiger partial charge is 0.416 e. The van der Waals surface area contributed by atoms with Gasteiger partial charge in [-0.15, -0.1) is 0 Å². The van der Waals surface area contributed by atoms with Crippen molar-refractivity contribution in [2.45, 2.75) is 19.1 Å². The number of pyridine rings is 1. The maximum Gasteiger partial charge on any atom is 0.416 e. The van der Waals surface area contributed by atoms with Crippen molar-refractivity contribution in [1.82, 2.24) is 9.88 Å². The minimum Gasteiger partial charge on any atom is -0.397 e. The van der Waals surface area contributed by atoms with Gasteiger partial charge >= 0.3 is 6.18 Å². The Balaban J connectivity index is 1.56. The molecule has 2 heterocycles. The van der Waals surface area contributed by atoms with E-state index >= 15 is 0 Å². The van der Waals surface area contributed by atoms with Crippen LogP contribution in [-0.4, -0.2) is 42.2 Å². The molecule has 2 aromatic rings. The minimum atomic E-state index is -4.32. The Morgan fingerprint density at radius 3 is 2.56 bits per heavy atom. The molecule has 5 nitrogen and oxygen atoms in total. The highest BCUT2D eigenvalue weighted by Gasteiger charge is 2.30. The molecule has 1 saturated heterocycles. The second kappa shape index (κ2) is 7.82. The predicted molar refractivity (Wildman–Crippen MR) is 102 cm³/mol. The van der Waals surface area contributed by atoms with Crippen molar-refractivity contribution < 1.29 is 13.2 Å². The first-order valence-corrected chi connectivity index (χ1v) is 8.93. The van der Waals surface area contributed by atoms with Crippen LogP contribution in [-0.2, 0) is 6.18 Å². The Hall–Kier alpha value is -2.19. The highest BCUT2D eigenvalue weighted by atomic mass is 35.5. The quantitative estimate of drug-likeness (QED) is 0.816. The molecule has 27 heavy (non-hydrogen) atoms. The van der Waals surface area contributed by atoms with Gasteiger partial charge in [0.2, 0.25) is 0 Å². The van der Waals surface area contributed by atoms with Crippen molar-refractivity contribution in [3.8, 4) is 0 Å². The summed E-state index contributed by atoms with van der Waals surface area (Å²) in [7, 11) is 0. The van der Waals surface area contributed by atoms with Crippen molar-refractivity contribution in [1.29, 1.82) is 0 Å². The van der Waals surface area contributed by atoms with Crippen LogP contribution in [0.3, 0.4) is 0 Å². The first-order valence-electron chi connectivity index (χ1n) is 8.55. The molecule has 3 N–H and O–H groups in total. The summed E-state index contributed by atoms with van der Waals surface area (Å²) in [5, 5.41) is 3.71. The molecular formula is C18H21ClF3N5. The molecular weight excluding hydrogens is 379 g/mol. The van der Waals surface area contributed by atoms with E-state index in [4.69, 9.17) is 17.3 Å². The molecule has 0 unspecified atom stereocenters. The molecule has 0 bridgehead atoms. The number of hydrogen-bond donors (Lipinski definition) is 2. The summed E-state index contributed by atoms with van der Waals surface area (Å²) < 4.78 is 37.9. The van der Waals surface area contributed by atoms with E-state index in [1.807, 2.05) is 0 Å². The summed E-state index contributed by atoms with van der Waals surface area (Å²) >= 11 is 6.24. The van der Waals surface area contributed by atoms with Crippen LogP contribution in [0.15, 0.2) is 36.5 Å². The number of alkyl halides is 3. The highest BCUT2D eigenvalue weighted by molar-refractivity contribution is 6.33. The Morgan fingerprint density at radius 1 is 1.26 bits per heavy atom. The van der Waals surface area contributed by atoms with Crippen molar-refractivity contribution in [3.05, 3.63) is 47.1 Å². The molecule has 1 atom stereocenters. The van der Waals surface area contributed by atoms with Crippen LogP contribution < -0.4 is 16.0 Å². The molecule has 0 aliphatic carbocycles. The number of rotatable bonds is 4. The maximum absolute atomic E-state index is 12.6. The fourth-order valence-electron chi connectivity index (χ4n) is 3.07. The van der Waals surface area contributed by atoms with Gasteiger partial charge in [0, 0.05) is 31.4 Å². The van der Waals surface area contributed by atoms with Gasteiger partial charge in [-0.05, 0) is 37.3 Å². The second-order valence-corrected chi connectivity index (χ2v) is 7.00. The lowest BCUT2D eigenvalue weighted by molar-refractivity contribution is -0.137. The molecule has 3 rings (SSSR count). The van der Waals surface area contributed by atoms with E-state index in [-0.39, 0.29) is 6.04 Å². The average molecular weight is 400 g/mol. The van der Waals surface area contributed by atoms with Crippen LogP contribution in [0.4, 0.5) is 30.4 Å². The van der Waals surface area contributed by atoms with E-state index in [0.29, 0.717) is 28.9 Å². The Kier molecular flexibility index (Phi) is 5.67. The van der Waals surface area contributed by atoms with Gasteiger partial charge in [-0.3, -0.25) is 4.90 Å². The molecule has 0 saturated carbocycles. The van der Waals surface area contributed by atoms with Gasteiger partial charge in [-0.25, -0.2) is 4.98 Å². The lowest BCUT2D eigenvalue weighted by Crippen LogP contribution is -2.53. The second-order valence-electron chi connectivity index (χ2n) is 6.59. The first-order chi connectivity index (χ1) is 12.7. The standard InChI is InChI=1S/C18H21ClF3N5/c1-12-10-26(17-16(19)8-14(23)9-24-17)6-7-27(12)11-25-15-4-2-13(3-5-15)18(20,21)22/h2-5,8-9,12,25H,6-7,10-11,23H2,1H3/t12-/m1/s1. The summed E-state index contributed by atoms with van der Waals surface area (Å²) in [5.74, 6) is 0.716. The van der Waals surface area contributed by atoms with Gasteiger partial charge in [0.05, 0.1) is 29.1 Å². The Bertz CT molecular complexity index is 782. The number of piperazine rings is 1. The van der Waals surface area contributed by atoms with Gasteiger partial charge in [-0.2, -0.15) is 13.2 Å². The minimum absolute atomic E-state index is 0.219. The number of hydrogen-bond acceptors (Lipinski definition) is 5. The number of nitrogens with one attached hydrogen (secondary N) is 1. The molecule has 1 aliphatic rings. The molecule has 1 aromatic heterocycles. The van der Waals surface area contributed by atoms with Crippen molar-refractivity contribution in [2.24, 2.45) is 0 Å². The van der Waals surface area contributed by atoms with E-state index in [1.165, 1.54) is 12.1 Å². The smallest absolute Gasteiger partial charge is 0.397 e. The first kappa shape index (κ1) is 19.6. The normalized spacial score (nSPS) is 18.6. The number of benzene rings is 1. The molecule has 146 valence electrons. The summed E-state index contributed by atoms with van der Waals surface area (Å²) in [6.45, 7) is 4.90. The van der Waals surface area contributed by atoms with E-state index in [1.54, 1.807) is 12.3 Å². The van der Waals surface area contributed by atoms with Gasteiger partial charge < -0.3 is 16.0 Å². The van der Waals surface area contributed by atoms with Crippen LogP contribution in [0, 0.1) is 0 Å². The lowest BCUT2D eigenvalue weighted by Gasteiger charge is -2.40. The number of anilines is 3. The zero-order valence-corrected chi connectivity index (χ0v) is 15.6. The molecule has 1 fully saturated rings. The van der Waals surface area contributed by atoms with E-state index in [0.717, 1.165) is 31.8 Å². The Labute approximate surface area is 160 Å². The summed E-state index contributed by atoms with van der Waals surface area (Å²) in [6, 6.07) is 6.96. The fraction of sp³-hybridized carbons (Fsp3) is 0.389. The van der Waals surface area contributed by atoms with Gasteiger partial charge in [-0.1, -0.05) is 11.6 Å². The third-order valence-electron chi connectivity index (χ3n) is 4.61. The average Bonchev–Trinajstić information content (AvgIpc) is 2.60. The van der Waals surface area contributed by atoms with Crippen LogP contribution in [0.1, 0.15) is 12.5 Å². The zero-order chi connectivity index (χ0) is 19.6. The third-order valence-corrected chi connectivity index (χ3v) is 4.88.